The molecule has 0 aliphatic rings. The van der Waals surface area contributed by atoms with Crippen molar-refractivity contribution in [3.8, 4) is 5.69 Å². The molecule has 8 heteroatoms. The van der Waals surface area contributed by atoms with Crippen molar-refractivity contribution in [1.82, 2.24) is 14.7 Å². The van der Waals surface area contributed by atoms with Gasteiger partial charge in [-0.15, -0.1) is 0 Å². The van der Waals surface area contributed by atoms with Crippen molar-refractivity contribution in [2.45, 2.75) is 46.5 Å². The number of nitrogens with zero attached hydrogens (tertiary/aromatic N) is 3. The van der Waals surface area contributed by atoms with Crippen LogP contribution < -0.4 is 10.6 Å². The van der Waals surface area contributed by atoms with Crippen LogP contribution in [-0.4, -0.2) is 39.7 Å². The zero-order valence-corrected chi connectivity index (χ0v) is 20.4. The van der Waals surface area contributed by atoms with E-state index in [2.05, 4.69) is 31.4 Å². The second-order valence-electron chi connectivity index (χ2n) is 9.32. The first-order valence-electron chi connectivity index (χ1n) is 11.4. The van der Waals surface area contributed by atoms with Crippen LogP contribution in [0.1, 0.15) is 45.4 Å². The first-order valence-corrected chi connectivity index (χ1v) is 11.4. The van der Waals surface area contributed by atoms with Crippen LogP contribution in [0.2, 0.25) is 0 Å². The third-order valence-corrected chi connectivity index (χ3v) is 5.21. The first kappa shape index (κ1) is 25.0. The molecule has 3 aromatic rings. The molecule has 3 rings (SSSR count). The number of hydrogen-bond donors (Lipinski definition) is 2. The summed E-state index contributed by atoms with van der Waals surface area (Å²) in [6, 6.07) is 14.9. The van der Waals surface area contributed by atoms with E-state index in [4.69, 9.17) is 5.10 Å². The van der Waals surface area contributed by atoms with Crippen molar-refractivity contribution in [3.63, 3.8) is 0 Å². The third kappa shape index (κ3) is 6.43. The highest BCUT2D eigenvalue weighted by Gasteiger charge is 2.23. The van der Waals surface area contributed by atoms with Crippen LogP contribution in [0.4, 0.5) is 20.7 Å². The van der Waals surface area contributed by atoms with Crippen LogP contribution >= 0.6 is 0 Å². The number of carbonyl (C=O) groups is 2. The van der Waals surface area contributed by atoms with E-state index in [0.717, 1.165) is 16.9 Å². The maximum Gasteiger partial charge on any atom is 0.322 e. The Morgan fingerprint density at radius 3 is 2.38 bits per heavy atom. The van der Waals surface area contributed by atoms with E-state index in [9.17, 15) is 14.0 Å². The minimum atomic E-state index is -0.468. The summed E-state index contributed by atoms with van der Waals surface area (Å²) in [6.07, 6.45) is 0.666. The van der Waals surface area contributed by atoms with Gasteiger partial charge in [-0.1, -0.05) is 51.5 Å². The Hall–Kier alpha value is -3.68. The average molecular weight is 466 g/mol. The average Bonchev–Trinajstić information content (AvgIpc) is 3.18. The van der Waals surface area contributed by atoms with Crippen LogP contribution in [0.25, 0.3) is 5.69 Å². The van der Waals surface area contributed by atoms with Gasteiger partial charge in [0.25, 0.3) is 0 Å². The van der Waals surface area contributed by atoms with E-state index in [1.54, 1.807) is 10.7 Å². The zero-order chi connectivity index (χ0) is 24.9. The summed E-state index contributed by atoms with van der Waals surface area (Å²) >= 11 is 0. The Labute approximate surface area is 200 Å². The fourth-order valence-electron chi connectivity index (χ4n) is 3.37. The van der Waals surface area contributed by atoms with Crippen LogP contribution in [0.15, 0.2) is 54.6 Å². The lowest BCUT2D eigenvalue weighted by Gasteiger charge is -2.22. The molecule has 0 radical (unpaired) electrons. The van der Waals surface area contributed by atoms with Crippen LogP contribution in [0.3, 0.4) is 0 Å². The molecule has 1 aromatic heterocycles. The van der Waals surface area contributed by atoms with Gasteiger partial charge < -0.3 is 15.5 Å². The lowest BCUT2D eigenvalue weighted by atomic mass is 9.92. The van der Waals surface area contributed by atoms with Crippen molar-refractivity contribution in [2.24, 2.45) is 0 Å². The third-order valence-electron chi connectivity index (χ3n) is 5.21. The highest BCUT2D eigenvalue weighted by Crippen LogP contribution is 2.26. The van der Waals surface area contributed by atoms with Gasteiger partial charge in [-0.25, -0.2) is 13.9 Å². The number of nitrogens with one attached hydrogen (secondary N) is 2. The van der Waals surface area contributed by atoms with E-state index >= 15 is 0 Å². The van der Waals surface area contributed by atoms with E-state index in [1.807, 2.05) is 44.2 Å². The van der Waals surface area contributed by atoms with Gasteiger partial charge in [0.2, 0.25) is 5.91 Å². The molecule has 7 nitrogen and oxygen atoms in total. The summed E-state index contributed by atoms with van der Waals surface area (Å²) in [5.41, 5.74) is 2.90. The van der Waals surface area contributed by atoms with E-state index in [1.165, 1.54) is 23.1 Å². The van der Waals surface area contributed by atoms with Crippen molar-refractivity contribution in [1.29, 1.82) is 0 Å². The molecule has 2 N–H and O–H groups in total. The molecule has 0 saturated heterocycles. The predicted molar refractivity (Wildman–Crippen MR) is 133 cm³/mol. The second-order valence-corrected chi connectivity index (χ2v) is 9.32. The normalized spacial score (nSPS) is 11.2. The van der Waals surface area contributed by atoms with Crippen LogP contribution in [0, 0.1) is 12.7 Å². The molecule has 3 amide bonds. The number of aryl methyl sites for hydroxylation is 1. The van der Waals surface area contributed by atoms with Gasteiger partial charge in [0.1, 0.15) is 18.2 Å². The molecule has 0 aliphatic carbocycles. The van der Waals surface area contributed by atoms with Gasteiger partial charge in [0.15, 0.2) is 0 Å². The number of anilines is 2. The molecule has 180 valence electrons. The summed E-state index contributed by atoms with van der Waals surface area (Å²) < 4.78 is 15.2. The minimum absolute atomic E-state index is 0.154. The van der Waals surface area contributed by atoms with Crippen LogP contribution in [0.5, 0.6) is 0 Å². The molecule has 0 fully saturated rings. The van der Waals surface area contributed by atoms with E-state index < -0.39 is 11.8 Å². The highest BCUT2D eigenvalue weighted by molar-refractivity contribution is 5.96. The lowest BCUT2D eigenvalue weighted by molar-refractivity contribution is -0.116. The SMILES string of the molecule is CCCN(CC(=O)Nc1cc(C(C)(C)C)nn1-c1ccc(C)cc1)C(=O)Nc1cccc(F)c1. The molecule has 1 heterocycles. The number of amides is 3. The van der Waals surface area contributed by atoms with Crippen molar-refractivity contribution in [3.05, 3.63) is 71.7 Å². The van der Waals surface area contributed by atoms with Gasteiger partial charge in [0, 0.05) is 23.7 Å². The summed E-state index contributed by atoms with van der Waals surface area (Å²) in [7, 11) is 0. The molecule has 0 unspecified atom stereocenters. The van der Waals surface area contributed by atoms with Gasteiger partial charge >= 0.3 is 6.03 Å². The summed E-state index contributed by atoms with van der Waals surface area (Å²) in [6.45, 7) is 10.3. The molecule has 0 spiro atoms. The number of urea groups is 1. The van der Waals surface area contributed by atoms with Gasteiger partial charge in [0.05, 0.1) is 11.4 Å². The van der Waals surface area contributed by atoms with Crippen molar-refractivity contribution < 1.29 is 14.0 Å². The number of aromatic nitrogens is 2. The van der Waals surface area contributed by atoms with Crippen molar-refractivity contribution in [2.75, 3.05) is 23.7 Å². The number of hydrogen-bond acceptors (Lipinski definition) is 3. The molecule has 0 bridgehead atoms. The molecular formula is C26H32FN5O2. The summed E-state index contributed by atoms with van der Waals surface area (Å²) in [4.78, 5) is 27.1. The Balaban J connectivity index is 1.79. The molecular weight excluding hydrogens is 433 g/mol. The van der Waals surface area contributed by atoms with Gasteiger partial charge in [-0.05, 0) is 43.7 Å². The minimum Gasteiger partial charge on any atom is -0.315 e. The molecule has 34 heavy (non-hydrogen) atoms. The zero-order valence-electron chi connectivity index (χ0n) is 20.4. The standard InChI is InChI=1S/C26H32FN5O2/c1-6-14-31(25(34)28-20-9-7-8-19(27)15-20)17-24(33)29-23-16-22(26(3,4)5)30-32(23)21-12-10-18(2)11-13-21/h7-13,15-16H,6,14,17H2,1-5H3,(H,28,34)(H,29,33). The smallest absolute Gasteiger partial charge is 0.315 e. The lowest BCUT2D eigenvalue weighted by Crippen LogP contribution is -2.41. The predicted octanol–water partition coefficient (Wildman–Crippen LogP) is 5.50. The Morgan fingerprint density at radius 2 is 1.76 bits per heavy atom. The fourth-order valence-corrected chi connectivity index (χ4v) is 3.37. The Morgan fingerprint density at radius 1 is 1.06 bits per heavy atom. The molecule has 0 saturated carbocycles. The largest absolute Gasteiger partial charge is 0.322 e. The topological polar surface area (TPSA) is 79.3 Å². The number of benzene rings is 2. The maximum absolute atomic E-state index is 13.5. The first-order chi connectivity index (χ1) is 16.1. The Kier molecular flexibility index (Phi) is 7.71. The fraction of sp³-hybridized carbons (Fsp3) is 0.346. The number of carbonyl (C=O) groups excluding carboxylic acids is 2. The number of rotatable bonds is 7. The van der Waals surface area contributed by atoms with Gasteiger partial charge in [-0.2, -0.15) is 5.10 Å². The molecule has 0 aliphatic heterocycles. The van der Waals surface area contributed by atoms with E-state index in [-0.39, 0.29) is 17.9 Å². The highest BCUT2D eigenvalue weighted by atomic mass is 19.1. The quantitative estimate of drug-likeness (QED) is 0.484. The van der Waals surface area contributed by atoms with Gasteiger partial charge in [-0.3, -0.25) is 4.79 Å². The summed E-state index contributed by atoms with van der Waals surface area (Å²) in [5, 5.41) is 10.3. The second kappa shape index (κ2) is 10.5. The van der Waals surface area contributed by atoms with Crippen LogP contribution in [-0.2, 0) is 10.2 Å². The maximum atomic E-state index is 13.5. The number of halogens is 1. The Bertz CT molecular complexity index is 1150. The monoisotopic (exact) mass is 465 g/mol. The van der Waals surface area contributed by atoms with E-state index in [0.29, 0.717) is 24.5 Å². The summed E-state index contributed by atoms with van der Waals surface area (Å²) in [5.74, 6) is -0.270. The van der Waals surface area contributed by atoms with Crippen molar-refractivity contribution >= 4 is 23.4 Å². The molecule has 0 atom stereocenters. The molecule has 2 aromatic carbocycles.